The van der Waals surface area contributed by atoms with E-state index in [1.165, 1.54) is 18.0 Å². The molecule has 3 aromatic rings. The maximum absolute atomic E-state index is 13.3. The maximum atomic E-state index is 13.3. The highest BCUT2D eigenvalue weighted by molar-refractivity contribution is 7.89. The SMILES string of the molecule is CCNC(=O)C(C)N(Cc1ccccc1Cl)C(=O)CN(C)S(=O)(=O)c1ccc2ccccc2c1. The number of hydrogen-bond acceptors (Lipinski definition) is 4. The first-order valence-electron chi connectivity index (χ1n) is 10.9. The number of fused-ring (bicyclic) bond motifs is 1. The van der Waals surface area contributed by atoms with Crippen LogP contribution in [0.4, 0.5) is 0 Å². The smallest absolute Gasteiger partial charge is 0.243 e. The lowest BCUT2D eigenvalue weighted by Crippen LogP contribution is -2.50. The molecule has 3 aromatic carbocycles. The molecule has 0 aromatic heterocycles. The van der Waals surface area contributed by atoms with E-state index in [0.717, 1.165) is 15.1 Å². The van der Waals surface area contributed by atoms with Crippen LogP contribution in [0.1, 0.15) is 19.4 Å². The summed E-state index contributed by atoms with van der Waals surface area (Å²) in [5.74, 6) is -0.839. The number of carbonyl (C=O) groups excluding carboxylic acids is 2. The van der Waals surface area contributed by atoms with Crippen molar-refractivity contribution in [1.29, 1.82) is 0 Å². The molecule has 3 rings (SSSR count). The number of benzene rings is 3. The van der Waals surface area contributed by atoms with E-state index in [4.69, 9.17) is 11.6 Å². The summed E-state index contributed by atoms with van der Waals surface area (Å²) in [7, 11) is -2.58. The topological polar surface area (TPSA) is 86.8 Å². The van der Waals surface area contributed by atoms with E-state index >= 15 is 0 Å². The van der Waals surface area contributed by atoms with Crippen molar-refractivity contribution in [2.45, 2.75) is 31.3 Å². The zero-order valence-electron chi connectivity index (χ0n) is 19.4. The summed E-state index contributed by atoms with van der Waals surface area (Å²) in [5, 5.41) is 4.87. The van der Waals surface area contributed by atoms with Gasteiger partial charge in [0.2, 0.25) is 21.8 Å². The van der Waals surface area contributed by atoms with Gasteiger partial charge in [-0.05, 0) is 48.4 Å². The van der Waals surface area contributed by atoms with Crippen LogP contribution in [0.2, 0.25) is 5.02 Å². The minimum absolute atomic E-state index is 0.0701. The molecule has 1 unspecified atom stereocenters. The van der Waals surface area contributed by atoms with Gasteiger partial charge in [0.15, 0.2) is 0 Å². The molecule has 0 spiro atoms. The Kier molecular flexibility index (Phi) is 8.30. The minimum Gasteiger partial charge on any atom is -0.355 e. The molecule has 0 radical (unpaired) electrons. The molecule has 0 aliphatic carbocycles. The average Bonchev–Trinajstić information content (AvgIpc) is 2.82. The number of nitrogens with zero attached hydrogens (tertiary/aromatic N) is 2. The van der Waals surface area contributed by atoms with E-state index in [1.807, 2.05) is 24.3 Å². The largest absolute Gasteiger partial charge is 0.355 e. The third-order valence-electron chi connectivity index (χ3n) is 5.60. The van der Waals surface area contributed by atoms with Crippen molar-refractivity contribution in [2.75, 3.05) is 20.1 Å². The fourth-order valence-electron chi connectivity index (χ4n) is 3.59. The zero-order chi connectivity index (χ0) is 24.9. The van der Waals surface area contributed by atoms with Crippen molar-refractivity contribution < 1.29 is 18.0 Å². The van der Waals surface area contributed by atoms with Crippen molar-refractivity contribution in [3.8, 4) is 0 Å². The third kappa shape index (κ3) is 5.75. The fourth-order valence-corrected chi connectivity index (χ4v) is 4.94. The Morgan fingerprint density at radius 3 is 2.32 bits per heavy atom. The van der Waals surface area contributed by atoms with Crippen LogP contribution < -0.4 is 5.32 Å². The van der Waals surface area contributed by atoms with E-state index in [1.54, 1.807) is 50.2 Å². The summed E-state index contributed by atoms with van der Waals surface area (Å²) < 4.78 is 27.4. The summed E-state index contributed by atoms with van der Waals surface area (Å²) in [6, 6.07) is 18.5. The second kappa shape index (κ2) is 11.0. The van der Waals surface area contributed by atoms with Crippen molar-refractivity contribution >= 4 is 44.2 Å². The van der Waals surface area contributed by atoms with Gasteiger partial charge < -0.3 is 10.2 Å². The normalized spacial score (nSPS) is 12.5. The van der Waals surface area contributed by atoms with E-state index in [0.29, 0.717) is 17.1 Å². The van der Waals surface area contributed by atoms with Crippen LogP contribution in [0.3, 0.4) is 0 Å². The van der Waals surface area contributed by atoms with Gasteiger partial charge in [-0.25, -0.2) is 8.42 Å². The van der Waals surface area contributed by atoms with Crippen molar-refractivity contribution in [1.82, 2.24) is 14.5 Å². The summed E-state index contributed by atoms with van der Waals surface area (Å²) in [5.41, 5.74) is 0.661. The van der Waals surface area contributed by atoms with Gasteiger partial charge in [-0.15, -0.1) is 0 Å². The van der Waals surface area contributed by atoms with Gasteiger partial charge in [0, 0.05) is 25.2 Å². The van der Waals surface area contributed by atoms with Crippen LogP contribution in [0.5, 0.6) is 0 Å². The fraction of sp³-hybridized carbons (Fsp3) is 0.280. The van der Waals surface area contributed by atoms with Crippen LogP contribution >= 0.6 is 11.6 Å². The van der Waals surface area contributed by atoms with Crippen LogP contribution in [-0.2, 0) is 26.2 Å². The van der Waals surface area contributed by atoms with Gasteiger partial charge in [0.05, 0.1) is 11.4 Å². The lowest BCUT2D eigenvalue weighted by atomic mass is 10.1. The van der Waals surface area contributed by atoms with E-state index in [-0.39, 0.29) is 17.3 Å². The third-order valence-corrected chi connectivity index (χ3v) is 7.77. The van der Waals surface area contributed by atoms with Gasteiger partial charge in [-0.2, -0.15) is 4.31 Å². The highest BCUT2D eigenvalue weighted by Crippen LogP contribution is 2.22. The number of hydrogen-bond donors (Lipinski definition) is 1. The molecule has 0 fully saturated rings. The highest BCUT2D eigenvalue weighted by atomic mass is 35.5. The molecule has 9 heteroatoms. The Morgan fingerprint density at radius 2 is 1.65 bits per heavy atom. The molecule has 0 heterocycles. The quantitative estimate of drug-likeness (QED) is 0.484. The standard InChI is InChI=1S/C25H28ClN3O4S/c1-4-27-25(31)18(2)29(16-21-11-7-8-12-23(21)26)24(30)17-28(3)34(32,33)22-14-13-19-9-5-6-10-20(19)15-22/h5-15,18H,4,16-17H2,1-3H3,(H,27,31). The van der Waals surface area contributed by atoms with Gasteiger partial charge in [-0.1, -0.05) is 60.1 Å². The van der Waals surface area contributed by atoms with E-state index < -0.39 is 28.5 Å². The lowest BCUT2D eigenvalue weighted by molar-refractivity contribution is -0.140. The Labute approximate surface area is 205 Å². The molecular weight excluding hydrogens is 474 g/mol. The molecule has 2 amide bonds. The molecule has 0 bridgehead atoms. The number of nitrogens with one attached hydrogen (secondary N) is 1. The summed E-state index contributed by atoms with van der Waals surface area (Å²) >= 11 is 6.28. The molecule has 0 saturated heterocycles. The average molecular weight is 502 g/mol. The molecule has 7 nitrogen and oxygen atoms in total. The van der Waals surface area contributed by atoms with Crippen molar-refractivity contribution in [3.63, 3.8) is 0 Å². The molecule has 180 valence electrons. The predicted octanol–water partition coefficient (Wildman–Crippen LogP) is 3.67. The summed E-state index contributed by atoms with van der Waals surface area (Å²) in [4.78, 5) is 27.3. The van der Waals surface area contributed by atoms with E-state index in [2.05, 4.69) is 5.32 Å². The Balaban J connectivity index is 1.86. The molecule has 0 saturated carbocycles. The summed E-state index contributed by atoms with van der Waals surface area (Å²) in [6.07, 6.45) is 0. The van der Waals surface area contributed by atoms with Gasteiger partial charge in [-0.3, -0.25) is 9.59 Å². The lowest BCUT2D eigenvalue weighted by Gasteiger charge is -2.30. The first-order valence-corrected chi connectivity index (χ1v) is 12.7. The number of amides is 2. The Morgan fingerprint density at radius 1 is 1.00 bits per heavy atom. The molecule has 34 heavy (non-hydrogen) atoms. The van der Waals surface area contributed by atoms with Crippen LogP contribution in [-0.4, -0.2) is 55.6 Å². The zero-order valence-corrected chi connectivity index (χ0v) is 20.9. The Bertz CT molecular complexity index is 1300. The first kappa shape index (κ1) is 25.7. The van der Waals surface area contributed by atoms with Crippen LogP contribution in [0.25, 0.3) is 10.8 Å². The van der Waals surface area contributed by atoms with Gasteiger partial charge in [0.25, 0.3) is 0 Å². The second-order valence-electron chi connectivity index (χ2n) is 7.95. The molecule has 1 N–H and O–H groups in total. The number of sulfonamides is 1. The van der Waals surface area contributed by atoms with Crippen LogP contribution in [0, 0.1) is 0 Å². The first-order chi connectivity index (χ1) is 16.1. The Hall–Kier alpha value is -2.94. The molecule has 0 aliphatic heterocycles. The number of rotatable bonds is 9. The number of likely N-dealkylation sites (N-methyl/N-ethyl adjacent to an activating group) is 2. The molecule has 1 atom stereocenters. The highest BCUT2D eigenvalue weighted by Gasteiger charge is 2.30. The number of halogens is 1. The predicted molar refractivity (Wildman–Crippen MR) is 134 cm³/mol. The van der Waals surface area contributed by atoms with E-state index in [9.17, 15) is 18.0 Å². The summed E-state index contributed by atoms with van der Waals surface area (Å²) in [6.45, 7) is 3.45. The molecule has 0 aliphatic rings. The monoisotopic (exact) mass is 501 g/mol. The van der Waals surface area contributed by atoms with Gasteiger partial charge in [0.1, 0.15) is 6.04 Å². The minimum atomic E-state index is -3.94. The second-order valence-corrected chi connectivity index (χ2v) is 10.4. The molecular formula is C25H28ClN3O4S. The van der Waals surface area contributed by atoms with Crippen molar-refractivity contribution in [2.24, 2.45) is 0 Å². The number of carbonyl (C=O) groups is 2. The maximum Gasteiger partial charge on any atom is 0.243 e. The van der Waals surface area contributed by atoms with Gasteiger partial charge >= 0.3 is 0 Å². The van der Waals surface area contributed by atoms with Crippen LogP contribution in [0.15, 0.2) is 71.6 Å². The van der Waals surface area contributed by atoms with Crippen molar-refractivity contribution in [3.05, 3.63) is 77.3 Å².